The highest BCUT2D eigenvalue weighted by atomic mass is 16.1. The summed E-state index contributed by atoms with van der Waals surface area (Å²) in [5.41, 5.74) is 2.83. The number of amides is 1. The molecular formula is C15H22N2O. The van der Waals surface area contributed by atoms with E-state index in [-0.39, 0.29) is 11.8 Å². The van der Waals surface area contributed by atoms with Crippen molar-refractivity contribution in [2.75, 3.05) is 19.6 Å². The van der Waals surface area contributed by atoms with Crippen molar-refractivity contribution >= 4 is 5.91 Å². The fourth-order valence-electron chi connectivity index (χ4n) is 2.40. The zero-order chi connectivity index (χ0) is 13.0. The first-order chi connectivity index (χ1) is 8.72. The molecule has 0 fully saturated rings. The first-order valence-electron chi connectivity index (χ1n) is 6.78. The van der Waals surface area contributed by atoms with Gasteiger partial charge in [0.1, 0.15) is 0 Å². The molecule has 2 unspecified atom stereocenters. The summed E-state index contributed by atoms with van der Waals surface area (Å²) in [6.07, 6.45) is 1.10. The topological polar surface area (TPSA) is 41.1 Å². The molecule has 18 heavy (non-hydrogen) atoms. The fraction of sp³-hybridized carbons (Fsp3) is 0.533. The van der Waals surface area contributed by atoms with Gasteiger partial charge in [-0.05, 0) is 24.1 Å². The fourth-order valence-corrected chi connectivity index (χ4v) is 2.40. The molecule has 0 saturated carbocycles. The Hall–Kier alpha value is -1.35. The summed E-state index contributed by atoms with van der Waals surface area (Å²) in [5, 5.41) is 6.25. The van der Waals surface area contributed by atoms with E-state index in [4.69, 9.17) is 0 Å². The summed E-state index contributed by atoms with van der Waals surface area (Å²) in [6.45, 7) is 6.45. The quantitative estimate of drug-likeness (QED) is 0.802. The number of hydrogen-bond acceptors (Lipinski definition) is 2. The zero-order valence-electron chi connectivity index (χ0n) is 11.2. The van der Waals surface area contributed by atoms with E-state index < -0.39 is 0 Å². The number of carbonyl (C=O) groups excluding carboxylic acids is 1. The maximum Gasteiger partial charge on any atom is 0.224 e. The Bertz CT molecular complexity index is 417. The Balaban J connectivity index is 1.75. The van der Waals surface area contributed by atoms with Gasteiger partial charge in [0.2, 0.25) is 5.91 Å². The van der Waals surface area contributed by atoms with Crippen LogP contribution < -0.4 is 10.6 Å². The lowest BCUT2D eigenvalue weighted by molar-refractivity contribution is -0.124. The first kappa shape index (κ1) is 13.1. The van der Waals surface area contributed by atoms with Crippen LogP contribution in [-0.2, 0) is 11.2 Å². The smallest absolute Gasteiger partial charge is 0.224 e. The van der Waals surface area contributed by atoms with Gasteiger partial charge in [0.25, 0.3) is 0 Å². The van der Waals surface area contributed by atoms with E-state index in [1.165, 1.54) is 11.1 Å². The SMILES string of the molecule is CCNCC(C)C(=O)NCC1Cc2ccccc21. The van der Waals surface area contributed by atoms with Crippen molar-refractivity contribution in [3.63, 3.8) is 0 Å². The van der Waals surface area contributed by atoms with Crippen LogP contribution in [-0.4, -0.2) is 25.5 Å². The third kappa shape index (κ3) is 2.91. The van der Waals surface area contributed by atoms with E-state index in [1.54, 1.807) is 0 Å². The van der Waals surface area contributed by atoms with Gasteiger partial charge < -0.3 is 10.6 Å². The lowest BCUT2D eigenvalue weighted by Crippen LogP contribution is -2.39. The van der Waals surface area contributed by atoms with Gasteiger partial charge in [0.15, 0.2) is 0 Å². The molecule has 2 N–H and O–H groups in total. The van der Waals surface area contributed by atoms with Crippen LogP contribution in [0.15, 0.2) is 24.3 Å². The van der Waals surface area contributed by atoms with E-state index in [0.29, 0.717) is 5.92 Å². The molecule has 0 spiro atoms. The van der Waals surface area contributed by atoms with Crippen molar-refractivity contribution in [2.45, 2.75) is 26.2 Å². The standard InChI is InChI=1S/C15H22N2O/c1-3-16-9-11(2)15(18)17-10-13-8-12-6-4-5-7-14(12)13/h4-7,11,13,16H,3,8-10H2,1-2H3,(H,17,18). The highest BCUT2D eigenvalue weighted by molar-refractivity contribution is 5.78. The van der Waals surface area contributed by atoms with Gasteiger partial charge >= 0.3 is 0 Å². The number of hydrogen-bond donors (Lipinski definition) is 2. The Morgan fingerprint density at radius 2 is 2.22 bits per heavy atom. The second-order valence-electron chi connectivity index (χ2n) is 5.05. The van der Waals surface area contributed by atoms with Crippen molar-refractivity contribution in [1.29, 1.82) is 0 Å². The van der Waals surface area contributed by atoms with Gasteiger partial charge in [-0.3, -0.25) is 4.79 Å². The number of fused-ring (bicyclic) bond motifs is 1. The molecule has 1 amide bonds. The van der Waals surface area contributed by atoms with Crippen molar-refractivity contribution in [3.8, 4) is 0 Å². The van der Waals surface area contributed by atoms with E-state index in [0.717, 1.165) is 26.1 Å². The Morgan fingerprint density at radius 1 is 1.44 bits per heavy atom. The van der Waals surface area contributed by atoms with Crippen molar-refractivity contribution in [2.24, 2.45) is 5.92 Å². The predicted molar refractivity (Wildman–Crippen MR) is 73.6 cm³/mol. The number of rotatable bonds is 6. The molecule has 0 bridgehead atoms. The molecule has 0 radical (unpaired) electrons. The second-order valence-corrected chi connectivity index (χ2v) is 5.05. The molecule has 0 aromatic heterocycles. The number of nitrogens with one attached hydrogen (secondary N) is 2. The predicted octanol–water partition coefficient (Wildman–Crippen LogP) is 1.69. The normalized spacial score (nSPS) is 18.7. The monoisotopic (exact) mass is 246 g/mol. The van der Waals surface area contributed by atoms with Gasteiger partial charge in [-0.25, -0.2) is 0 Å². The minimum Gasteiger partial charge on any atom is -0.355 e. The summed E-state index contributed by atoms with van der Waals surface area (Å²) in [7, 11) is 0. The number of carbonyl (C=O) groups is 1. The third-order valence-corrected chi connectivity index (χ3v) is 3.63. The zero-order valence-corrected chi connectivity index (χ0v) is 11.2. The number of benzene rings is 1. The molecule has 0 saturated heterocycles. The van der Waals surface area contributed by atoms with E-state index >= 15 is 0 Å². The Kier molecular flexibility index (Phi) is 4.37. The van der Waals surface area contributed by atoms with Crippen LogP contribution in [0.1, 0.15) is 30.9 Å². The Labute approximate surface area is 109 Å². The average molecular weight is 246 g/mol. The van der Waals surface area contributed by atoms with Crippen LogP contribution in [0.3, 0.4) is 0 Å². The lowest BCUT2D eigenvalue weighted by atomic mass is 9.77. The molecule has 98 valence electrons. The third-order valence-electron chi connectivity index (χ3n) is 3.63. The maximum absolute atomic E-state index is 11.9. The van der Waals surface area contributed by atoms with Gasteiger partial charge in [0.05, 0.1) is 0 Å². The molecule has 1 aliphatic carbocycles. The van der Waals surface area contributed by atoms with E-state index in [2.05, 4.69) is 41.8 Å². The molecule has 1 aromatic carbocycles. The van der Waals surface area contributed by atoms with Crippen molar-refractivity contribution in [1.82, 2.24) is 10.6 Å². The van der Waals surface area contributed by atoms with Crippen LogP contribution in [0.2, 0.25) is 0 Å². The van der Waals surface area contributed by atoms with E-state index in [9.17, 15) is 4.79 Å². The molecule has 2 atom stereocenters. The summed E-state index contributed by atoms with van der Waals surface area (Å²) >= 11 is 0. The summed E-state index contributed by atoms with van der Waals surface area (Å²) in [5.74, 6) is 0.706. The molecule has 3 nitrogen and oxygen atoms in total. The largest absolute Gasteiger partial charge is 0.355 e. The molecule has 1 aliphatic rings. The van der Waals surface area contributed by atoms with Crippen molar-refractivity contribution in [3.05, 3.63) is 35.4 Å². The molecule has 0 heterocycles. The second kappa shape index (κ2) is 6.01. The average Bonchev–Trinajstić information content (AvgIpc) is 2.36. The van der Waals surface area contributed by atoms with Gasteiger partial charge in [-0.1, -0.05) is 38.1 Å². The summed E-state index contributed by atoms with van der Waals surface area (Å²) in [6, 6.07) is 8.48. The van der Waals surface area contributed by atoms with Crippen LogP contribution in [0.25, 0.3) is 0 Å². The highest BCUT2D eigenvalue weighted by Crippen LogP contribution is 2.33. The van der Waals surface area contributed by atoms with Crippen LogP contribution >= 0.6 is 0 Å². The van der Waals surface area contributed by atoms with Crippen LogP contribution in [0.4, 0.5) is 0 Å². The molecule has 0 aliphatic heterocycles. The summed E-state index contributed by atoms with van der Waals surface area (Å²) < 4.78 is 0. The van der Waals surface area contributed by atoms with Gasteiger partial charge in [0, 0.05) is 24.9 Å². The van der Waals surface area contributed by atoms with Crippen molar-refractivity contribution < 1.29 is 4.79 Å². The highest BCUT2D eigenvalue weighted by Gasteiger charge is 2.26. The minimum atomic E-state index is 0.0419. The maximum atomic E-state index is 11.9. The molecule has 1 aromatic rings. The molecular weight excluding hydrogens is 224 g/mol. The van der Waals surface area contributed by atoms with Gasteiger partial charge in [-0.15, -0.1) is 0 Å². The van der Waals surface area contributed by atoms with Gasteiger partial charge in [-0.2, -0.15) is 0 Å². The minimum absolute atomic E-state index is 0.0419. The molecule has 3 heteroatoms. The first-order valence-corrected chi connectivity index (χ1v) is 6.78. The lowest BCUT2D eigenvalue weighted by Gasteiger charge is -2.30. The summed E-state index contributed by atoms with van der Waals surface area (Å²) in [4.78, 5) is 11.9. The molecule has 2 rings (SSSR count). The van der Waals surface area contributed by atoms with Crippen LogP contribution in [0.5, 0.6) is 0 Å². The van der Waals surface area contributed by atoms with Crippen LogP contribution in [0, 0.1) is 5.92 Å². The van der Waals surface area contributed by atoms with E-state index in [1.807, 2.05) is 6.92 Å². The Morgan fingerprint density at radius 3 is 2.94 bits per heavy atom.